The highest BCUT2D eigenvalue weighted by Crippen LogP contribution is 2.63. The van der Waals surface area contributed by atoms with Gasteiger partial charge >= 0.3 is 11.9 Å². The normalized spacial score (nSPS) is 15.6. The van der Waals surface area contributed by atoms with Crippen molar-refractivity contribution in [1.82, 2.24) is 29.5 Å². The third-order valence-electron chi connectivity index (χ3n) is 10.5. The van der Waals surface area contributed by atoms with Gasteiger partial charge in [-0.15, -0.1) is 10.2 Å². The molecule has 0 aromatic carbocycles. The third-order valence-corrected chi connectivity index (χ3v) is 19.0. The van der Waals surface area contributed by atoms with Crippen molar-refractivity contribution in [2.45, 2.75) is 94.8 Å². The van der Waals surface area contributed by atoms with E-state index in [2.05, 4.69) is 59.4 Å². The second-order valence-electron chi connectivity index (χ2n) is 15.5. The van der Waals surface area contributed by atoms with E-state index in [0.29, 0.717) is 46.7 Å². The fraction of sp³-hybridized carbons (Fsp3) is 0.500. The Labute approximate surface area is 316 Å². The number of aromatic nitrogens is 6. The molecule has 280 valence electrons. The predicted octanol–water partition coefficient (Wildman–Crippen LogP) is 9.00. The molecule has 0 spiro atoms. The van der Waals surface area contributed by atoms with Crippen LogP contribution in [0.5, 0.6) is 11.8 Å². The molecule has 0 aliphatic heterocycles. The van der Waals surface area contributed by atoms with Crippen molar-refractivity contribution in [1.29, 1.82) is 0 Å². The standard InChI is InChI=1S/C19H26ClN3O3Si.C17H22ClN3O3Si/c1-5-25-18(24)14-6-7-15(21-17(14)20)23-12-8-16(22-23)26-13-11-19(9-10-19)27(2,3)4;1-25(2,3)17(7-8-17)9-11-24-14-6-10-21(20-14)13-5-4-12(16(22)23)15(18)19-13/h6-8,12H,5,9-11,13H2,1-4H3;4-6,10H,7-9,11H2,1-3H3,(H,22,23). The number of pyridine rings is 2. The molecular weight excluding hydrogens is 740 g/mol. The number of hydrogen-bond donors (Lipinski definition) is 1. The summed E-state index contributed by atoms with van der Waals surface area (Å²) in [5, 5.41) is 18.8. The Morgan fingerprint density at radius 1 is 0.731 bits per heavy atom. The lowest BCUT2D eigenvalue weighted by atomic mass is 10.3. The zero-order valence-electron chi connectivity index (χ0n) is 30.9. The van der Waals surface area contributed by atoms with Gasteiger partial charge in [0.1, 0.15) is 10.3 Å². The zero-order valence-corrected chi connectivity index (χ0v) is 34.4. The maximum absolute atomic E-state index is 11.8. The van der Waals surface area contributed by atoms with Gasteiger partial charge in [0.2, 0.25) is 11.8 Å². The van der Waals surface area contributed by atoms with Crippen LogP contribution in [-0.2, 0) is 4.74 Å². The highest BCUT2D eigenvalue weighted by atomic mass is 35.5. The quantitative estimate of drug-likeness (QED) is 0.0704. The summed E-state index contributed by atoms with van der Waals surface area (Å²) in [6, 6.07) is 9.84. The second kappa shape index (κ2) is 15.7. The molecule has 6 rings (SSSR count). The SMILES string of the molecule is CCOC(=O)c1ccc(-n2ccc(OCCC3([Si](C)(C)C)CC3)n2)nc1Cl.C[Si](C)(C)C1(CCOc2ccn(-c3ccc(C(=O)O)c(Cl)n3)n2)CC1. The Morgan fingerprint density at radius 3 is 1.50 bits per heavy atom. The molecule has 4 aromatic heterocycles. The summed E-state index contributed by atoms with van der Waals surface area (Å²) in [5.74, 6) is 0.474. The zero-order chi connectivity index (χ0) is 37.9. The van der Waals surface area contributed by atoms with Crippen molar-refractivity contribution in [2.75, 3.05) is 19.8 Å². The highest BCUT2D eigenvalue weighted by Gasteiger charge is 2.53. The van der Waals surface area contributed by atoms with Gasteiger partial charge in [-0.05, 0) is 79.8 Å². The van der Waals surface area contributed by atoms with E-state index in [4.69, 9.17) is 42.5 Å². The smallest absolute Gasteiger partial charge is 0.341 e. The Morgan fingerprint density at radius 2 is 1.15 bits per heavy atom. The first-order valence-corrected chi connectivity index (χ1v) is 25.3. The van der Waals surface area contributed by atoms with Crippen LogP contribution in [0.4, 0.5) is 0 Å². The van der Waals surface area contributed by atoms with Gasteiger partial charge in [0, 0.05) is 24.5 Å². The summed E-state index contributed by atoms with van der Waals surface area (Å²) in [7, 11) is -2.31. The molecule has 0 unspecified atom stereocenters. The monoisotopic (exact) mass is 786 g/mol. The predicted molar refractivity (Wildman–Crippen MR) is 206 cm³/mol. The average Bonchev–Trinajstić information content (AvgIpc) is 3.94. The van der Waals surface area contributed by atoms with Crippen molar-refractivity contribution in [3.05, 3.63) is 70.2 Å². The van der Waals surface area contributed by atoms with Gasteiger partial charge in [-0.1, -0.05) is 62.5 Å². The molecule has 0 radical (unpaired) electrons. The van der Waals surface area contributed by atoms with Gasteiger partial charge in [-0.3, -0.25) is 0 Å². The molecule has 52 heavy (non-hydrogen) atoms. The number of carboxylic acids is 1. The fourth-order valence-corrected chi connectivity index (χ4v) is 11.8. The minimum absolute atomic E-state index is 0.0323. The van der Waals surface area contributed by atoms with E-state index in [0.717, 1.165) is 12.8 Å². The van der Waals surface area contributed by atoms with Crippen LogP contribution >= 0.6 is 23.2 Å². The van der Waals surface area contributed by atoms with Gasteiger partial charge in [-0.2, -0.15) is 0 Å². The Balaban J connectivity index is 0.000000202. The molecule has 4 heterocycles. The largest absolute Gasteiger partial charge is 0.478 e. The minimum atomic E-state index is -1.16. The van der Waals surface area contributed by atoms with Crippen LogP contribution in [0.25, 0.3) is 11.6 Å². The number of carbonyl (C=O) groups excluding carboxylic acids is 1. The van der Waals surface area contributed by atoms with Crippen LogP contribution in [0.2, 0.25) is 59.7 Å². The lowest BCUT2D eigenvalue weighted by Gasteiger charge is -2.28. The number of rotatable bonds is 15. The second-order valence-corrected chi connectivity index (χ2v) is 27.3. The van der Waals surface area contributed by atoms with Gasteiger partial charge in [0.25, 0.3) is 0 Å². The average molecular weight is 788 g/mol. The molecule has 0 bridgehead atoms. The van der Waals surface area contributed by atoms with E-state index in [9.17, 15) is 9.59 Å². The minimum Gasteiger partial charge on any atom is -0.478 e. The lowest BCUT2D eigenvalue weighted by molar-refractivity contribution is 0.0525. The van der Waals surface area contributed by atoms with Crippen molar-refractivity contribution in [2.24, 2.45) is 0 Å². The molecule has 2 saturated carbocycles. The van der Waals surface area contributed by atoms with Crippen LogP contribution in [0.1, 0.15) is 66.2 Å². The van der Waals surface area contributed by atoms with Crippen molar-refractivity contribution in [3.8, 4) is 23.4 Å². The van der Waals surface area contributed by atoms with Crippen LogP contribution in [0.15, 0.2) is 48.8 Å². The Hall–Kier alpha value is -3.73. The van der Waals surface area contributed by atoms with Crippen molar-refractivity contribution >= 4 is 51.3 Å². The van der Waals surface area contributed by atoms with E-state index in [-0.39, 0.29) is 28.0 Å². The fourth-order valence-electron chi connectivity index (χ4n) is 6.40. The molecule has 2 aliphatic carbocycles. The molecule has 4 aromatic rings. The molecule has 0 atom stereocenters. The van der Waals surface area contributed by atoms with Gasteiger partial charge in [0.05, 0.1) is 47.1 Å². The molecule has 0 saturated heterocycles. The molecule has 2 aliphatic rings. The number of esters is 1. The number of carbonyl (C=O) groups is 2. The maximum atomic E-state index is 11.8. The summed E-state index contributed by atoms with van der Waals surface area (Å²) in [6.07, 6.45) is 11.0. The Kier molecular flexibility index (Phi) is 11.9. The number of hydrogen-bond acceptors (Lipinski definition) is 9. The van der Waals surface area contributed by atoms with Crippen LogP contribution in [0.3, 0.4) is 0 Å². The number of ether oxygens (including phenoxy) is 3. The van der Waals surface area contributed by atoms with Crippen LogP contribution < -0.4 is 9.47 Å². The number of aromatic carboxylic acids is 1. The number of halogens is 2. The van der Waals surface area contributed by atoms with Crippen molar-refractivity contribution < 1.29 is 28.9 Å². The van der Waals surface area contributed by atoms with Crippen LogP contribution in [0, 0.1) is 0 Å². The van der Waals surface area contributed by atoms with E-state index in [1.165, 1.54) is 36.4 Å². The van der Waals surface area contributed by atoms with Gasteiger partial charge in [0.15, 0.2) is 11.6 Å². The topological polar surface area (TPSA) is 143 Å². The molecule has 2 fully saturated rings. The van der Waals surface area contributed by atoms with Gasteiger partial charge in [-0.25, -0.2) is 28.9 Å². The maximum Gasteiger partial charge on any atom is 0.341 e. The molecule has 0 amide bonds. The van der Waals surface area contributed by atoms with E-state index in [1.54, 1.807) is 48.3 Å². The van der Waals surface area contributed by atoms with E-state index < -0.39 is 28.1 Å². The summed E-state index contributed by atoms with van der Waals surface area (Å²) in [5.41, 5.74) is 0.210. The molecule has 12 nitrogen and oxygen atoms in total. The summed E-state index contributed by atoms with van der Waals surface area (Å²) < 4.78 is 19.7. The molecular formula is C36H48Cl2N6O6Si2. The van der Waals surface area contributed by atoms with Gasteiger partial charge < -0.3 is 19.3 Å². The lowest BCUT2D eigenvalue weighted by Crippen LogP contribution is -2.30. The first-order valence-electron chi connectivity index (χ1n) is 17.6. The molecule has 16 heteroatoms. The molecule has 1 N–H and O–H groups in total. The summed E-state index contributed by atoms with van der Waals surface area (Å²) >= 11 is 12.0. The highest BCUT2D eigenvalue weighted by molar-refractivity contribution is 6.80. The first kappa shape index (κ1) is 39.5. The van der Waals surface area contributed by atoms with E-state index >= 15 is 0 Å². The third kappa shape index (κ3) is 9.25. The van der Waals surface area contributed by atoms with E-state index in [1.807, 2.05) is 6.07 Å². The first-order chi connectivity index (χ1) is 24.5. The number of nitrogens with zero attached hydrogens (tertiary/aromatic N) is 6. The summed E-state index contributed by atoms with van der Waals surface area (Å²) in [6.45, 7) is 17.9. The Bertz CT molecular complexity index is 1900. The van der Waals surface area contributed by atoms with Crippen molar-refractivity contribution in [3.63, 3.8) is 0 Å². The summed E-state index contributed by atoms with van der Waals surface area (Å²) in [4.78, 5) is 31.1. The van der Waals surface area contributed by atoms with Crippen LogP contribution in [-0.4, -0.2) is 82.5 Å². The number of carboxylic acid groups (broad SMARTS) is 1.